The van der Waals surface area contributed by atoms with Crippen molar-refractivity contribution in [3.05, 3.63) is 0 Å². The summed E-state index contributed by atoms with van der Waals surface area (Å²) >= 11 is 0. The zero-order valence-electron chi connectivity index (χ0n) is 25.1. The van der Waals surface area contributed by atoms with Crippen LogP contribution in [0.25, 0.3) is 0 Å². The zero-order chi connectivity index (χ0) is 26.4. The monoisotopic (exact) mass is 529 g/mol. The van der Waals surface area contributed by atoms with E-state index in [0.717, 1.165) is 12.6 Å². The van der Waals surface area contributed by atoms with Gasteiger partial charge in [-0.3, -0.25) is 0 Å². The number of unbranched alkanes of at least 4 members (excludes halogenated alkanes) is 22. The Labute approximate surface area is 228 Å². The van der Waals surface area contributed by atoms with Gasteiger partial charge < -0.3 is 19.0 Å². The maximum atomic E-state index is 5.95. The summed E-state index contributed by atoms with van der Waals surface area (Å²) in [4.78, 5) is 0. The third kappa shape index (κ3) is 24.4. The molecule has 0 aromatic rings. The van der Waals surface area contributed by atoms with Crippen molar-refractivity contribution in [2.75, 3.05) is 26.4 Å². The van der Waals surface area contributed by atoms with Gasteiger partial charge in [-0.25, -0.2) is 0 Å². The van der Waals surface area contributed by atoms with E-state index in [2.05, 4.69) is 0 Å². The Bertz CT molecular complexity index is 394. The molecule has 2 N–H and O–H groups in total. The Kier molecular flexibility index (Phi) is 29.7. The predicted molar refractivity (Wildman–Crippen MR) is 161 cm³/mol. The molecule has 0 aromatic carbocycles. The molecule has 218 valence electrons. The zero-order valence-corrected chi connectivity index (χ0v) is 26.1. The van der Waals surface area contributed by atoms with Crippen LogP contribution < -0.4 is 5.73 Å². The SMILES string of the molecule is CCO[Si](CCCCCCCCCCCCCCCCCCCCCCCCCN)(OCC)OCC. The molecule has 0 bridgehead atoms. The lowest BCUT2D eigenvalue weighted by Gasteiger charge is -2.28. The van der Waals surface area contributed by atoms with Gasteiger partial charge in [0.1, 0.15) is 0 Å². The summed E-state index contributed by atoms with van der Waals surface area (Å²) in [7, 11) is -2.42. The number of rotatable bonds is 31. The minimum Gasteiger partial charge on any atom is -0.374 e. The molecular weight excluding hydrogens is 462 g/mol. The number of hydrogen-bond acceptors (Lipinski definition) is 4. The van der Waals surface area contributed by atoms with Gasteiger partial charge in [0.15, 0.2) is 0 Å². The highest BCUT2D eigenvalue weighted by Gasteiger charge is 2.39. The molecule has 36 heavy (non-hydrogen) atoms. The smallest absolute Gasteiger partial charge is 0.374 e. The lowest BCUT2D eigenvalue weighted by molar-refractivity contribution is 0.0706. The molecule has 0 aromatic heterocycles. The first-order valence-electron chi connectivity index (χ1n) is 16.4. The van der Waals surface area contributed by atoms with E-state index in [1.807, 2.05) is 20.8 Å². The van der Waals surface area contributed by atoms with Crippen LogP contribution in [0.4, 0.5) is 0 Å². The van der Waals surface area contributed by atoms with Crippen LogP contribution >= 0.6 is 0 Å². The molecule has 0 aliphatic heterocycles. The van der Waals surface area contributed by atoms with Gasteiger partial charge in [0.25, 0.3) is 0 Å². The van der Waals surface area contributed by atoms with E-state index in [0.29, 0.717) is 19.8 Å². The molecule has 0 atom stereocenters. The highest BCUT2D eigenvalue weighted by Crippen LogP contribution is 2.21. The molecule has 0 heterocycles. The van der Waals surface area contributed by atoms with Gasteiger partial charge >= 0.3 is 8.80 Å². The maximum absolute atomic E-state index is 5.95. The third-order valence-electron chi connectivity index (χ3n) is 7.28. The number of nitrogens with two attached hydrogens (primary N) is 1. The molecule has 0 unspecified atom stereocenters. The van der Waals surface area contributed by atoms with E-state index in [1.54, 1.807) is 0 Å². The van der Waals surface area contributed by atoms with Crippen molar-refractivity contribution in [2.24, 2.45) is 5.73 Å². The summed E-state index contributed by atoms with van der Waals surface area (Å²) in [6, 6.07) is 0.971. The lowest BCUT2D eigenvalue weighted by Crippen LogP contribution is -2.45. The highest BCUT2D eigenvalue weighted by atomic mass is 28.4. The van der Waals surface area contributed by atoms with Crippen molar-refractivity contribution in [3.63, 3.8) is 0 Å². The molecule has 5 heteroatoms. The van der Waals surface area contributed by atoms with Crippen molar-refractivity contribution in [2.45, 2.75) is 174 Å². The van der Waals surface area contributed by atoms with Crippen LogP contribution in [0.1, 0.15) is 168 Å². The van der Waals surface area contributed by atoms with E-state index in [-0.39, 0.29) is 0 Å². The Morgan fingerprint density at radius 1 is 0.361 bits per heavy atom. The van der Waals surface area contributed by atoms with Crippen molar-refractivity contribution >= 4 is 8.80 Å². The quantitative estimate of drug-likeness (QED) is 0.0717. The standard InChI is InChI=1S/C31H67NO3Si/c1-4-33-36(34-5-2,35-6-3)31-29-27-25-23-21-19-17-15-13-11-9-7-8-10-12-14-16-18-20-22-24-26-28-30-32/h4-32H2,1-3H3. The van der Waals surface area contributed by atoms with E-state index in [1.165, 1.54) is 148 Å². The molecule has 0 fully saturated rings. The predicted octanol–water partition coefficient (Wildman–Crippen LogP) is 9.97. The van der Waals surface area contributed by atoms with Crippen LogP contribution in [0.3, 0.4) is 0 Å². The molecule has 0 saturated heterocycles. The second-order valence-electron chi connectivity index (χ2n) is 10.7. The molecule has 0 spiro atoms. The Balaban J connectivity index is 3.30. The van der Waals surface area contributed by atoms with Crippen molar-refractivity contribution in [1.82, 2.24) is 0 Å². The van der Waals surface area contributed by atoms with Crippen LogP contribution in [0.2, 0.25) is 6.04 Å². The first kappa shape index (κ1) is 36.1. The Morgan fingerprint density at radius 3 is 0.806 bits per heavy atom. The molecule has 0 aliphatic carbocycles. The molecule has 4 nitrogen and oxygen atoms in total. The minimum absolute atomic E-state index is 0.684. The highest BCUT2D eigenvalue weighted by molar-refractivity contribution is 6.60. The van der Waals surface area contributed by atoms with Gasteiger partial charge in [-0.15, -0.1) is 0 Å². The second kappa shape index (κ2) is 29.6. The summed E-state index contributed by atoms with van der Waals surface area (Å²) in [5.41, 5.74) is 5.54. The van der Waals surface area contributed by atoms with Gasteiger partial charge in [0.05, 0.1) is 0 Å². The van der Waals surface area contributed by atoms with E-state index in [4.69, 9.17) is 19.0 Å². The molecule has 0 radical (unpaired) electrons. The van der Waals surface area contributed by atoms with Gasteiger partial charge in [-0.05, 0) is 40.2 Å². The van der Waals surface area contributed by atoms with Gasteiger partial charge in [-0.1, -0.05) is 135 Å². The molecule has 0 saturated carbocycles. The summed E-state index contributed by atoms with van der Waals surface area (Å²) in [6.45, 7) is 9.04. The minimum atomic E-state index is -2.42. The average Bonchev–Trinajstić information content (AvgIpc) is 2.87. The molecule has 0 aliphatic rings. The average molecular weight is 530 g/mol. The van der Waals surface area contributed by atoms with E-state index < -0.39 is 8.80 Å². The Hall–Kier alpha value is 0.0569. The fraction of sp³-hybridized carbons (Fsp3) is 1.00. The normalized spacial score (nSPS) is 12.0. The van der Waals surface area contributed by atoms with Crippen molar-refractivity contribution in [3.8, 4) is 0 Å². The summed E-state index contributed by atoms with van der Waals surface area (Å²) in [5, 5.41) is 0. The van der Waals surface area contributed by atoms with Gasteiger partial charge in [0.2, 0.25) is 0 Å². The molecule has 0 rings (SSSR count). The van der Waals surface area contributed by atoms with Crippen LogP contribution in [0.5, 0.6) is 0 Å². The number of hydrogen-bond donors (Lipinski definition) is 1. The third-order valence-corrected chi connectivity index (χ3v) is 10.4. The Morgan fingerprint density at radius 2 is 0.583 bits per heavy atom. The topological polar surface area (TPSA) is 53.7 Å². The van der Waals surface area contributed by atoms with Crippen molar-refractivity contribution < 1.29 is 13.3 Å². The van der Waals surface area contributed by atoms with Crippen LogP contribution in [-0.2, 0) is 13.3 Å². The molecule has 0 amide bonds. The largest absolute Gasteiger partial charge is 0.500 e. The maximum Gasteiger partial charge on any atom is 0.500 e. The second-order valence-corrected chi connectivity index (χ2v) is 13.4. The van der Waals surface area contributed by atoms with E-state index >= 15 is 0 Å². The first-order chi connectivity index (χ1) is 17.7. The van der Waals surface area contributed by atoms with Gasteiger partial charge in [0, 0.05) is 25.9 Å². The fourth-order valence-corrected chi connectivity index (χ4v) is 7.88. The lowest BCUT2D eigenvalue weighted by atomic mass is 10.0. The van der Waals surface area contributed by atoms with Crippen LogP contribution in [0, 0.1) is 0 Å². The summed E-state index contributed by atoms with van der Waals surface area (Å²) < 4.78 is 17.9. The van der Waals surface area contributed by atoms with Crippen LogP contribution in [-0.4, -0.2) is 35.2 Å². The summed E-state index contributed by atoms with van der Waals surface area (Å²) in [5.74, 6) is 0. The van der Waals surface area contributed by atoms with Crippen molar-refractivity contribution in [1.29, 1.82) is 0 Å². The van der Waals surface area contributed by atoms with Crippen LogP contribution in [0.15, 0.2) is 0 Å². The van der Waals surface area contributed by atoms with Gasteiger partial charge in [-0.2, -0.15) is 0 Å². The van der Waals surface area contributed by atoms with E-state index in [9.17, 15) is 0 Å². The fourth-order valence-electron chi connectivity index (χ4n) is 5.20. The first-order valence-corrected chi connectivity index (χ1v) is 18.3. The summed E-state index contributed by atoms with van der Waals surface area (Å²) in [6.07, 6.45) is 32.2. The molecular formula is C31H67NO3Si.